The first-order valence-electron chi connectivity index (χ1n) is 11.2. The van der Waals surface area contributed by atoms with Crippen LogP contribution in [-0.4, -0.2) is 45.9 Å². The van der Waals surface area contributed by atoms with Crippen molar-refractivity contribution in [2.45, 2.75) is 45.1 Å². The Kier molecular flexibility index (Phi) is 7.69. The molecule has 3 atom stereocenters. The molecule has 2 aromatic rings. The number of carbonyl (C=O) groups is 1. The van der Waals surface area contributed by atoms with Crippen LogP contribution >= 0.6 is 0 Å². The fourth-order valence-electron chi connectivity index (χ4n) is 4.51. The van der Waals surface area contributed by atoms with Crippen LogP contribution in [0, 0.1) is 18.8 Å². The van der Waals surface area contributed by atoms with Crippen LogP contribution in [0.3, 0.4) is 0 Å². The number of amides is 1. The minimum atomic E-state index is -3.82. The quantitative estimate of drug-likeness (QED) is 0.651. The third kappa shape index (κ3) is 5.50. The second-order valence-corrected chi connectivity index (χ2v) is 11.0. The van der Waals surface area contributed by atoms with Gasteiger partial charge < -0.3 is 14.8 Å². The third-order valence-corrected chi connectivity index (χ3v) is 7.93. The molecule has 0 bridgehead atoms. The Balaban J connectivity index is 1.90. The van der Waals surface area contributed by atoms with Gasteiger partial charge in [-0.1, -0.05) is 31.5 Å². The Morgan fingerprint density at radius 1 is 1.03 bits per heavy atom. The van der Waals surface area contributed by atoms with Gasteiger partial charge in [0.25, 0.3) is 5.91 Å². The van der Waals surface area contributed by atoms with E-state index >= 15 is 0 Å². The highest BCUT2D eigenvalue weighted by Gasteiger charge is 2.34. The van der Waals surface area contributed by atoms with Gasteiger partial charge in [-0.3, -0.25) is 4.79 Å². The molecule has 1 amide bonds. The first-order valence-corrected chi connectivity index (χ1v) is 12.6. The molecule has 1 aliphatic rings. The van der Waals surface area contributed by atoms with Crippen LogP contribution in [-0.2, 0) is 10.0 Å². The second-order valence-electron chi connectivity index (χ2n) is 9.07. The normalized spacial score (nSPS) is 20.2. The van der Waals surface area contributed by atoms with Crippen molar-refractivity contribution in [1.82, 2.24) is 9.62 Å². The first-order chi connectivity index (χ1) is 15.6. The largest absolute Gasteiger partial charge is 0.496 e. The van der Waals surface area contributed by atoms with E-state index < -0.39 is 10.0 Å². The summed E-state index contributed by atoms with van der Waals surface area (Å²) in [5, 5.41) is 2.96. The molecule has 0 spiro atoms. The van der Waals surface area contributed by atoms with E-state index in [1.54, 1.807) is 13.2 Å². The van der Waals surface area contributed by atoms with Crippen molar-refractivity contribution in [3.05, 3.63) is 53.1 Å². The summed E-state index contributed by atoms with van der Waals surface area (Å²) < 4.78 is 39.3. The molecule has 1 fully saturated rings. The van der Waals surface area contributed by atoms with Crippen molar-refractivity contribution in [3.63, 3.8) is 0 Å². The molecule has 2 aromatic carbocycles. The van der Waals surface area contributed by atoms with Crippen molar-refractivity contribution in [2.75, 3.05) is 27.3 Å². The number of benzene rings is 2. The van der Waals surface area contributed by atoms with Crippen molar-refractivity contribution in [2.24, 2.45) is 11.8 Å². The zero-order chi connectivity index (χ0) is 24.3. The lowest BCUT2D eigenvalue weighted by Gasteiger charge is -2.34. The average molecular weight is 475 g/mol. The number of ether oxygens (including phenoxy) is 2. The summed E-state index contributed by atoms with van der Waals surface area (Å²) in [6.07, 6.45) is 0.992. The number of sulfonamides is 1. The van der Waals surface area contributed by atoms with Gasteiger partial charge in [0.05, 0.1) is 20.3 Å². The molecule has 0 radical (unpaired) electrons. The minimum absolute atomic E-state index is 0.0136. The summed E-state index contributed by atoms with van der Waals surface area (Å²) in [5.74, 6) is 1.08. The molecule has 0 aliphatic carbocycles. The molecule has 0 aromatic heterocycles. The molecule has 3 unspecified atom stereocenters. The molecule has 8 heteroatoms. The van der Waals surface area contributed by atoms with Gasteiger partial charge in [0.2, 0.25) is 10.0 Å². The van der Waals surface area contributed by atoms with Gasteiger partial charge >= 0.3 is 0 Å². The predicted molar refractivity (Wildman–Crippen MR) is 128 cm³/mol. The molecule has 1 aliphatic heterocycles. The maximum absolute atomic E-state index is 13.5. The maximum Gasteiger partial charge on any atom is 0.251 e. The lowest BCUT2D eigenvalue weighted by atomic mass is 9.94. The summed E-state index contributed by atoms with van der Waals surface area (Å²) in [4.78, 5) is 13.1. The predicted octanol–water partition coefficient (Wildman–Crippen LogP) is 4.17. The first kappa shape index (κ1) is 25.1. The van der Waals surface area contributed by atoms with E-state index in [1.807, 2.05) is 32.0 Å². The monoisotopic (exact) mass is 474 g/mol. The zero-order valence-corrected chi connectivity index (χ0v) is 21.0. The Bertz CT molecular complexity index is 1110. The van der Waals surface area contributed by atoms with Crippen LogP contribution in [0.25, 0.3) is 0 Å². The molecule has 1 N–H and O–H groups in total. The standard InChI is InChI=1S/C25H34N2O5S/c1-16-7-9-22(31-5)21(12-16)19(4)26-25(28)20-8-10-23(32-6)24(13-20)33(29,30)27-14-17(2)11-18(3)15-27/h7-10,12-13,17-19H,11,14-15H2,1-6H3,(H,26,28). The number of rotatable bonds is 7. The van der Waals surface area contributed by atoms with Gasteiger partial charge in [-0.2, -0.15) is 4.31 Å². The van der Waals surface area contributed by atoms with E-state index in [4.69, 9.17) is 9.47 Å². The molecule has 3 rings (SSSR count). The van der Waals surface area contributed by atoms with Crippen LogP contribution < -0.4 is 14.8 Å². The van der Waals surface area contributed by atoms with Crippen molar-refractivity contribution >= 4 is 15.9 Å². The number of nitrogens with zero attached hydrogens (tertiary/aromatic N) is 1. The van der Waals surface area contributed by atoms with Crippen LogP contribution in [0.4, 0.5) is 0 Å². The number of aryl methyl sites for hydroxylation is 1. The molecule has 1 heterocycles. The van der Waals surface area contributed by atoms with Gasteiger partial charge in [-0.25, -0.2) is 8.42 Å². The molecule has 180 valence electrons. The number of methoxy groups -OCH3 is 2. The Hall–Kier alpha value is -2.58. The van der Waals surface area contributed by atoms with Crippen molar-refractivity contribution in [1.29, 1.82) is 0 Å². The van der Waals surface area contributed by atoms with Gasteiger partial charge in [0, 0.05) is 24.2 Å². The second kappa shape index (κ2) is 10.1. The summed E-state index contributed by atoms with van der Waals surface area (Å²) in [5.41, 5.74) is 2.16. The van der Waals surface area contributed by atoms with E-state index in [2.05, 4.69) is 19.2 Å². The zero-order valence-electron chi connectivity index (χ0n) is 20.2. The minimum Gasteiger partial charge on any atom is -0.496 e. The molecule has 0 saturated carbocycles. The van der Waals surface area contributed by atoms with E-state index in [0.29, 0.717) is 18.8 Å². The van der Waals surface area contributed by atoms with E-state index in [-0.39, 0.29) is 40.0 Å². The summed E-state index contributed by atoms with van der Waals surface area (Å²) in [7, 11) is -0.794. The van der Waals surface area contributed by atoms with E-state index in [9.17, 15) is 13.2 Å². The topological polar surface area (TPSA) is 84.9 Å². The highest BCUT2D eigenvalue weighted by Crippen LogP contribution is 2.32. The number of hydrogen-bond acceptors (Lipinski definition) is 5. The number of hydrogen-bond donors (Lipinski definition) is 1. The molecule has 7 nitrogen and oxygen atoms in total. The van der Waals surface area contributed by atoms with E-state index in [1.165, 1.54) is 23.5 Å². The SMILES string of the molecule is COc1ccc(C)cc1C(C)NC(=O)c1ccc(OC)c(S(=O)(=O)N2CC(C)CC(C)C2)c1. The molecular weight excluding hydrogens is 440 g/mol. The summed E-state index contributed by atoms with van der Waals surface area (Å²) in [6.45, 7) is 8.86. The fraction of sp³-hybridized carbons (Fsp3) is 0.480. The Morgan fingerprint density at radius 2 is 1.64 bits per heavy atom. The van der Waals surface area contributed by atoms with Crippen LogP contribution in [0.5, 0.6) is 11.5 Å². The van der Waals surface area contributed by atoms with Crippen LogP contribution in [0.1, 0.15) is 54.7 Å². The van der Waals surface area contributed by atoms with Gasteiger partial charge in [-0.15, -0.1) is 0 Å². The van der Waals surface area contributed by atoms with Crippen LogP contribution in [0.15, 0.2) is 41.3 Å². The number of piperidine rings is 1. The van der Waals surface area contributed by atoms with E-state index in [0.717, 1.165) is 17.5 Å². The highest BCUT2D eigenvalue weighted by molar-refractivity contribution is 7.89. The third-order valence-electron chi connectivity index (χ3n) is 6.08. The molecular formula is C25H34N2O5S. The maximum atomic E-state index is 13.5. The number of nitrogens with one attached hydrogen (secondary N) is 1. The Morgan fingerprint density at radius 3 is 2.24 bits per heavy atom. The Labute approximate surface area is 197 Å². The molecule has 1 saturated heterocycles. The molecule has 33 heavy (non-hydrogen) atoms. The van der Waals surface area contributed by atoms with Crippen molar-refractivity contribution in [3.8, 4) is 11.5 Å². The lowest BCUT2D eigenvalue weighted by molar-refractivity contribution is 0.0939. The van der Waals surface area contributed by atoms with Gasteiger partial charge in [-0.05, 0) is 56.4 Å². The van der Waals surface area contributed by atoms with Crippen molar-refractivity contribution < 1.29 is 22.7 Å². The summed E-state index contributed by atoms with van der Waals surface area (Å²) in [6, 6.07) is 9.97. The number of carbonyl (C=O) groups excluding carboxylic acids is 1. The van der Waals surface area contributed by atoms with Crippen LogP contribution in [0.2, 0.25) is 0 Å². The fourth-order valence-corrected chi connectivity index (χ4v) is 6.37. The average Bonchev–Trinajstić information content (AvgIpc) is 2.77. The smallest absolute Gasteiger partial charge is 0.251 e. The van der Waals surface area contributed by atoms with Gasteiger partial charge in [0.15, 0.2) is 0 Å². The lowest BCUT2D eigenvalue weighted by Crippen LogP contribution is -2.42. The van der Waals surface area contributed by atoms with Gasteiger partial charge in [0.1, 0.15) is 16.4 Å². The highest BCUT2D eigenvalue weighted by atomic mass is 32.2. The summed E-state index contributed by atoms with van der Waals surface area (Å²) >= 11 is 0.